The van der Waals surface area contributed by atoms with Crippen LogP contribution in [-0.2, 0) is 21.4 Å². The van der Waals surface area contributed by atoms with Crippen molar-refractivity contribution in [2.45, 2.75) is 19.5 Å². The van der Waals surface area contributed by atoms with Gasteiger partial charge >= 0.3 is 0 Å². The molecule has 9 heteroatoms. The van der Waals surface area contributed by atoms with Crippen LogP contribution in [0.15, 0.2) is 42.5 Å². The van der Waals surface area contributed by atoms with Crippen molar-refractivity contribution in [3.05, 3.63) is 63.9 Å². The molecular formula is C17H17Cl2FN2O3S. The third kappa shape index (κ3) is 5.33. The molecule has 5 nitrogen and oxygen atoms in total. The third-order valence-corrected chi connectivity index (χ3v) is 5.25. The first-order chi connectivity index (χ1) is 12.1. The van der Waals surface area contributed by atoms with Gasteiger partial charge in [0.25, 0.3) is 0 Å². The zero-order chi connectivity index (χ0) is 19.5. The molecule has 140 valence electrons. The molecule has 0 unspecified atom stereocenters. The first kappa shape index (κ1) is 20.5. The number of amides is 1. The number of rotatable bonds is 6. The Kier molecular flexibility index (Phi) is 6.49. The summed E-state index contributed by atoms with van der Waals surface area (Å²) in [5, 5.41) is 3.14. The van der Waals surface area contributed by atoms with Gasteiger partial charge in [-0.2, -0.15) is 0 Å². The Balaban J connectivity index is 2.22. The predicted molar refractivity (Wildman–Crippen MR) is 101 cm³/mol. The Morgan fingerprint density at radius 2 is 1.69 bits per heavy atom. The van der Waals surface area contributed by atoms with Gasteiger partial charge in [0.05, 0.1) is 11.9 Å². The van der Waals surface area contributed by atoms with Crippen molar-refractivity contribution in [3.63, 3.8) is 0 Å². The largest absolute Gasteiger partial charge is 0.350 e. The molecule has 0 radical (unpaired) electrons. The van der Waals surface area contributed by atoms with Crippen molar-refractivity contribution in [2.24, 2.45) is 0 Å². The van der Waals surface area contributed by atoms with E-state index in [9.17, 15) is 17.6 Å². The van der Waals surface area contributed by atoms with E-state index in [0.29, 0.717) is 5.56 Å². The van der Waals surface area contributed by atoms with E-state index in [1.165, 1.54) is 49.4 Å². The van der Waals surface area contributed by atoms with Crippen LogP contribution in [0.3, 0.4) is 0 Å². The van der Waals surface area contributed by atoms with Gasteiger partial charge in [-0.05, 0) is 42.8 Å². The molecule has 1 amide bonds. The molecule has 0 spiro atoms. The van der Waals surface area contributed by atoms with E-state index in [1.54, 1.807) is 0 Å². The Morgan fingerprint density at radius 3 is 2.19 bits per heavy atom. The fourth-order valence-electron chi connectivity index (χ4n) is 2.41. The van der Waals surface area contributed by atoms with Crippen LogP contribution in [0.1, 0.15) is 12.5 Å². The smallest absolute Gasteiger partial charge is 0.243 e. The number of nitrogens with one attached hydrogen (secondary N) is 1. The Morgan fingerprint density at radius 1 is 1.15 bits per heavy atom. The topological polar surface area (TPSA) is 66.5 Å². The molecule has 0 aliphatic carbocycles. The predicted octanol–water partition coefficient (Wildman–Crippen LogP) is 3.60. The fraction of sp³-hybridized carbons (Fsp3) is 0.235. The summed E-state index contributed by atoms with van der Waals surface area (Å²) in [6, 6.07) is 8.88. The van der Waals surface area contributed by atoms with Crippen LogP contribution in [-0.4, -0.2) is 26.6 Å². The van der Waals surface area contributed by atoms with Gasteiger partial charge in [-0.15, -0.1) is 0 Å². The number of anilines is 1. The van der Waals surface area contributed by atoms with Gasteiger partial charge in [-0.3, -0.25) is 9.10 Å². The molecule has 0 aliphatic heterocycles. The minimum atomic E-state index is -3.78. The van der Waals surface area contributed by atoms with Gasteiger partial charge in [0.1, 0.15) is 11.9 Å². The lowest BCUT2D eigenvalue weighted by Crippen LogP contribution is -2.47. The summed E-state index contributed by atoms with van der Waals surface area (Å²) < 4.78 is 38.3. The van der Waals surface area contributed by atoms with Crippen molar-refractivity contribution < 1.29 is 17.6 Å². The average molecular weight is 419 g/mol. The number of carbonyl (C=O) groups is 1. The van der Waals surface area contributed by atoms with Gasteiger partial charge in [-0.25, -0.2) is 12.8 Å². The lowest BCUT2D eigenvalue weighted by Gasteiger charge is -2.28. The molecule has 0 aliphatic rings. The molecular weight excluding hydrogens is 402 g/mol. The summed E-state index contributed by atoms with van der Waals surface area (Å²) >= 11 is 11.9. The van der Waals surface area contributed by atoms with E-state index in [1.807, 2.05) is 0 Å². The van der Waals surface area contributed by atoms with Crippen molar-refractivity contribution in [2.75, 3.05) is 10.6 Å². The highest BCUT2D eigenvalue weighted by molar-refractivity contribution is 7.92. The number of sulfonamides is 1. The molecule has 1 N–H and O–H groups in total. The molecule has 0 heterocycles. The Labute approximate surface area is 161 Å². The lowest BCUT2D eigenvalue weighted by molar-refractivity contribution is -0.122. The number of hydrogen-bond acceptors (Lipinski definition) is 3. The summed E-state index contributed by atoms with van der Waals surface area (Å²) in [4.78, 5) is 12.5. The van der Waals surface area contributed by atoms with Gasteiger partial charge in [0.2, 0.25) is 15.9 Å². The van der Waals surface area contributed by atoms with Crippen LogP contribution >= 0.6 is 23.2 Å². The first-order valence-corrected chi connectivity index (χ1v) is 10.2. The molecule has 0 saturated carbocycles. The van der Waals surface area contributed by atoms with E-state index in [2.05, 4.69) is 5.32 Å². The zero-order valence-corrected chi connectivity index (χ0v) is 16.4. The summed E-state index contributed by atoms with van der Waals surface area (Å²) in [5.74, 6) is -0.898. The van der Waals surface area contributed by atoms with Crippen LogP contribution in [0.5, 0.6) is 0 Å². The summed E-state index contributed by atoms with van der Waals surface area (Å²) in [7, 11) is -3.78. The monoisotopic (exact) mass is 418 g/mol. The lowest BCUT2D eigenvalue weighted by atomic mass is 10.2. The normalized spacial score (nSPS) is 12.5. The highest BCUT2D eigenvalue weighted by atomic mass is 35.5. The minimum Gasteiger partial charge on any atom is -0.350 e. The van der Waals surface area contributed by atoms with Gasteiger partial charge in [0, 0.05) is 16.6 Å². The van der Waals surface area contributed by atoms with Crippen LogP contribution in [0, 0.1) is 5.82 Å². The fourth-order valence-corrected chi connectivity index (χ4v) is 4.09. The zero-order valence-electron chi connectivity index (χ0n) is 14.0. The molecule has 26 heavy (non-hydrogen) atoms. The Hall–Kier alpha value is -1.83. The van der Waals surface area contributed by atoms with Crippen molar-refractivity contribution in [3.8, 4) is 0 Å². The highest BCUT2D eigenvalue weighted by Gasteiger charge is 2.29. The number of nitrogens with zero attached hydrogens (tertiary/aromatic N) is 1. The molecule has 1 atom stereocenters. The second-order valence-electron chi connectivity index (χ2n) is 5.71. The van der Waals surface area contributed by atoms with Gasteiger partial charge < -0.3 is 5.32 Å². The molecule has 0 saturated heterocycles. The molecule has 0 aromatic heterocycles. The quantitative estimate of drug-likeness (QED) is 0.778. The van der Waals surface area contributed by atoms with Crippen LogP contribution in [0.25, 0.3) is 0 Å². The maximum atomic E-state index is 12.9. The maximum absolute atomic E-state index is 12.9. The molecule has 2 aromatic carbocycles. The van der Waals surface area contributed by atoms with Crippen LogP contribution in [0.2, 0.25) is 10.0 Å². The number of hydrogen-bond donors (Lipinski definition) is 1. The highest BCUT2D eigenvalue weighted by Crippen LogP contribution is 2.28. The maximum Gasteiger partial charge on any atom is 0.243 e. The Bertz CT molecular complexity index is 884. The molecule has 2 rings (SSSR count). The summed E-state index contributed by atoms with van der Waals surface area (Å²) in [6.45, 7) is 1.59. The van der Waals surface area contributed by atoms with E-state index >= 15 is 0 Å². The number of benzene rings is 2. The van der Waals surface area contributed by atoms with Gasteiger partial charge in [-0.1, -0.05) is 35.3 Å². The summed E-state index contributed by atoms with van der Waals surface area (Å²) in [5.41, 5.74) is 0.873. The first-order valence-electron chi connectivity index (χ1n) is 7.55. The third-order valence-electron chi connectivity index (χ3n) is 3.57. The van der Waals surface area contributed by atoms with Crippen molar-refractivity contribution in [1.29, 1.82) is 0 Å². The minimum absolute atomic E-state index is 0.136. The van der Waals surface area contributed by atoms with Crippen molar-refractivity contribution >= 4 is 44.8 Å². The molecule has 0 fully saturated rings. The van der Waals surface area contributed by atoms with Gasteiger partial charge in [0.15, 0.2) is 0 Å². The van der Waals surface area contributed by atoms with Crippen LogP contribution in [0.4, 0.5) is 10.1 Å². The van der Waals surface area contributed by atoms with Crippen LogP contribution < -0.4 is 9.62 Å². The number of halogens is 3. The van der Waals surface area contributed by atoms with E-state index in [0.717, 1.165) is 10.6 Å². The van der Waals surface area contributed by atoms with E-state index < -0.39 is 22.0 Å². The average Bonchev–Trinajstić information content (AvgIpc) is 2.51. The second-order valence-corrected chi connectivity index (χ2v) is 8.44. The SMILES string of the molecule is C[C@@H](C(=O)NCc1ccc(F)cc1)N(c1cc(Cl)cc(Cl)c1)S(C)(=O)=O. The van der Waals surface area contributed by atoms with E-state index in [-0.39, 0.29) is 28.1 Å². The number of carbonyl (C=O) groups excluding carboxylic acids is 1. The molecule has 0 bridgehead atoms. The molecule has 2 aromatic rings. The summed E-state index contributed by atoms with van der Waals surface area (Å²) in [6.07, 6.45) is 0.992. The van der Waals surface area contributed by atoms with E-state index in [4.69, 9.17) is 23.2 Å². The second kappa shape index (κ2) is 8.24. The van der Waals surface area contributed by atoms with Crippen molar-refractivity contribution in [1.82, 2.24) is 5.32 Å². The standard InChI is InChI=1S/C17H17Cl2FN2O3S/c1-11(17(23)21-10-12-3-5-15(20)6-4-12)22(26(2,24)25)16-8-13(18)7-14(19)9-16/h3-9,11H,10H2,1-2H3,(H,21,23)/t11-/m0/s1.